The van der Waals surface area contributed by atoms with Crippen LogP contribution in [-0.4, -0.2) is 155 Å². The number of hydrogen-bond donors (Lipinski definition) is 2. The average Bonchev–Trinajstić information content (AvgIpc) is 3.45. The van der Waals surface area contributed by atoms with Gasteiger partial charge in [-0.1, -0.05) is 61.4 Å². The van der Waals surface area contributed by atoms with E-state index >= 15 is 0 Å². The summed E-state index contributed by atoms with van der Waals surface area (Å²) in [5.74, 6) is 0.340. The van der Waals surface area contributed by atoms with Crippen LogP contribution >= 0.6 is 35.3 Å². The number of halogens is 4. The number of ether oxygens (including phenoxy) is 1. The first-order chi connectivity index (χ1) is 38.0. The highest BCUT2D eigenvalue weighted by Crippen LogP contribution is 2.47. The highest BCUT2D eigenvalue weighted by Gasteiger charge is 2.48. The van der Waals surface area contributed by atoms with Gasteiger partial charge in [0.15, 0.2) is 0 Å². The second-order valence-electron chi connectivity index (χ2n) is 22.6. The van der Waals surface area contributed by atoms with Crippen LogP contribution in [0.1, 0.15) is 94.0 Å². The van der Waals surface area contributed by atoms with Gasteiger partial charge in [-0.15, -0.1) is 11.8 Å². The Bertz CT molecular complexity index is 2820. The summed E-state index contributed by atoms with van der Waals surface area (Å²) in [4.78, 5) is 38.3. The predicted octanol–water partition coefficient (Wildman–Crippen LogP) is 11.6. The number of nitrogens with one attached hydrogen (secondary N) is 2. The van der Waals surface area contributed by atoms with E-state index in [1.165, 1.54) is 41.7 Å². The lowest BCUT2D eigenvalue weighted by atomic mass is 9.69. The van der Waals surface area contributed by atoms with E-state index in [9.17, 15) is 31.2 Å². The molecule has 4 aromatic carbocycles. The molecule has 2 amide bonds. The molecule has 428 valence electrons. The number of carbonyl (C=O) groups excluding carboxylic acids is 2. The molecule has 0 radical (unpaired) electrons. The average molecular weight is 1160 g/mol. The number of morpholine rings is 1. The SMILES string of the molecule is CCCC(=O)N1CCC2(CCN(CC3(C)CCC(c4ccc(Cl)cc4)=C(CN4CCN(c5ccc(C(=O)NSc6ccc(N[C@H](CCN7CCOCC7)CSc7ccccc7)c(S(=O)(=O)C(F)(F)F)c6)cc5)CC4)C3)CC2)CC1. The number of carbonyl (C=O) groups is 2. The molecule has 5 aliphatic rings. The van der Waals surface area contributed by atoms with Gasteiger partial charge in [-0.3, -0.25) is 24.1 Å². The number of piperazine rings is 1. The smallest absolute Gasteiger partial charge is 0.380 e. The van der Waals surface area contributed by atoms with Crippen molar-refractivity contribution in [3.8, 4) is 0 Å². The molecule has 0 saturated carbocycles. The maximum atomic E-state index is 14.3. The van der Waals surface area contributed by atoms with E-state index in [-0.39, 0.29) is 22.0 Å². The molecule has 19 heteroatoms. The lowest BCUT2D eigenvalue weighted by Crippen LogP contribution is -2.50. The van der Waals surface area contributed by atoms with E-state index in [0.29, 0.717) is 55.2 Å². The van der Waals surface area contributed by atoms with Gasteiger partial charge in [0, 0.05) is 116 Å². The number of benzene rings is 4. The molecule has 1 spiro atoms. The number of amides is 2. The Hall–Kier alpha value is -4.27. The summed E-state index contributed by atoms with van der Waals surface area (Å²) in [7, 11) is -5.77. The second-order valence-corrected chi connectivity index (χ2v) is 27.0. The summed E-state index contributed by atoms with van der Waals surface area (Å²) < 4.78 is 77.3. The van der Waals surface area contributed by atoms with E-state index in [0.717, 1.165) is 151 Å². The molecule has 4 heterocycles. The maximum absolute atomic E-state index is 14.3. The zero-order valence-corrected chi connectivity index (χ0v) is 48.9. The topological polar surface area (TPSA) is 118 Å². The first-order valence-electron chi connectivity index (χ1n) is 28.2. The van der Waals surface area contributed by atoms with Gasteiger partial charge in [0.05, 0.1) is 18.9 Å². The number of allylic oxidation sites excluding steroid dienone is 1. The van der Waals surface area contributed by atoms with Crippen LogP contribution in [0, 0.1) is 10.8 Å². The zero-order valence-electron chi connectivity index (χ0n) is 45.7. The molecular formula is C60H77ClF3N7O5S3. The number of nitrogens with zero attached hydrogens (tertiary/aromatic N) is 5. The summed E-state index contributed by atoms with van der Waals surface area (Å²) in [6, 6.07) is 28.8. The fraction of sp³-hybridized carbons (Fsp3) is 0.533. The Labute approximate surface area is 479 Å². The van der Waals surface area contributed by atoms with Gasteiger partial charge < -0.3 is 24.8 Å². The molecule has 1 unspecified atom stereocenters. The minimum atomic E-state index is -5.77. The fourth-order valence-electron chi connectivity index (χ4n) is 12.2. The number of rotatable bonds is 20. The largest absolute Gasteiger partial charge is 0.501 e. The molecule has 4 saturated heterocycles. The highest BCUT2D eigenvalue weighted by atomic mass is 35.5. The number of hydrogen-bond acceptors (Lipinski definition) is 12. The van der Waals surface area contributed by atoms with Crippen molar-refractivity contribution in [1.29, 1.82) is 0 Å². The van der Waals surface area contributed by atoms with E-state index in [1.54, 1.807) is 23.9 Å². The lowest BCUT2D eigenvalue weighted by Gasteiger charge is -2.49. The third-order valence-electron chi connectivity index (χ3n) is 16.9. The number of likely N-dealkylation sites (tertiary alicyclic amines) is 2. The molecule has 12 nitrogen and oxygen atoms in total. The van der Waals surface area contributed by atoms with Gasteiger partial charge in [0.2, 0.25) is 5.91 Å². The fourth-order valence-corrected chi connectivity index (χ4v) is 15.0. The Morgan fingerprint density at radius 3 is 2.14 bits per heavy atom. The Kier molecular flexibility index (Phi) is 20.1. The van der Waals surface area contributed by atoms with Crippen LogP contribution in [0.25, 0.3) is 5.57 Å². The van der Waals surface area contributed by atoms with Crippen molar-refractivity contribution in [2.75, 3.05) is 114 Å². The minimum absolute atomic E-state index is 0.138. The van der Waals surface area contributed by atoms with Crippen molar-refractivity contribution in [1.82, 2.24) is 24.3 Å². The minimum Gasteiger partial charge on any atom is -0.380 e. The van der Waals surface area contributed by atoms with E-state index in [1.807, 2.05) is 54.6 Å². The second kappa shape index (κ2) is 26.8. The van der Waals surface area contributed by atoms with Gasteiger partial charge in [-0.2, -0.15) is 13.2 Å². The Balaban J connectivity index is 0.793. The van der Waals surface area contributed by atoms with Gasteiger partial charge in [-0.05, 0) is 172 Å². The van der Waals surface area contributed by atoms with Crippen molar-refractivity contribution >= 4 is 73.9 Å². The number of alkyl halides is 3. The molecule has 79 heavy (non-hydrogen) atoms. The van der Waals surface area contributed by atoms with Crippen LogP contribution in [0.5, 0.6) is 0 Å². The molecule has 0 bridgehead atoms. The lowest BCUT2D eigenvalue weighted by molar-refractivity contribution is -0.134. The number of piperidine rings is 2. The summed E-state index contributed by atoms with van der Waals surface area (Å²) in [5, 5.41) is 3.91. The first kappa shape index (κ1) is 59.4. The first-order valence-corrected chi connectivity index (χ1v) is 31.8. The summed E-state index contributed by atoms with van der Waals surface area (Å²) in [5.41, 5.74) is 0.411. The molecule has 4 aromatic rings. The molecule has 0 aromatic heterocycles. The van der Waals surface area contributed by atoms with Gasteiger partial charge >= 0.3 is 5.51 Å². The van der Waals surface area contributed by atoms with Crippen LogP contribution in [0.15, 0.2) is 117 Å². The number of sulfone groups is 1. The van der Waals surface area contributed by atoms with Crippen LogP contribution < -0.4 is 14.9 Å². The normalized spacial score (nSPS) is 21.3. The molecule has 1 aliphatic carbocycles. The molecule has 4 aliphatic heterocycles. The molecule has 9 rings (SSSR count). The van der Waals surface area contributed by atoms with Crippen LogP contribution in [0.3, 0.4) is 0 Å². The van der Waals surface area contributed by atoms with Crippen molar-refractivity contribution in [3.05, 3.63) is 119 Å². The summed E-state index contributed by atoms with van der Waals surface area (Å²) in [6.45, 7) is 17.4. The van der Waals surface area contributed by atoms with Crippen LogP contribution in [0.2, 0.25) is 5.02 Å². The van der Waals surface area contributed by atoms with Gasteiger partial charge in [-0.25, -0.2) is 8.42 Å². The maximum Gasteiger partial charge on any atom is 0.501 e. The predicted molar refractivity (Wildman–Crippen MR) is 314 cm³/mol. The van der Waals surface area contributed by atoms with E-state index in [4.69, 9.17) is 16.3 Å². The van der Waals surface area contributed by atoms with Crippen LogP contribution in [-0.2, 0) is 19.4 Å². The quantitative estimate of drug-likeness (QED) is 0.0648. The van der Waals surface area contributed by atoms with Crippen molar-refractivity contribution < 1.29 is 35.9 Å². The van der Waals surface area contributed by atoms with E-state index < -0.39 is 26.1 Å². The monoisotopic (exact) mass is 1160 g/mol. The molecule has 2 N–H and O–H groups in total. The summed E-state index contributed by atoms with van der Waals surface area (Å²) in [6.07, 6.45) is 10.0. The third-order valence-corrected chi connectivity index (χ3v) is 20.7. The molecular weight excluding hydrogens is 1090 g/mol. The number of thioether (sulfide) groups is 1. The van der Waals surface area contributed by atoms with Gasteiger partial charge in [0.25, 0.3) is 15.7 Å². The van der Waals surface area contributed by atoms with Crippen molar-refractivity contribution in [2.24, 2.45) is 10.8 Å². The number of anilines is 2. The standard InChI is InChI=1S/C60H77ClF3N7O5S3/c1-3-7-56(72)71-30-25-59(26-31-71)23-28-69(29-24-59)44-58(2)22-20-53(45-10-14-48(61)15-11-45)47(41-58)42-68-32-34-70(35-33-68)50-16-12-46(13-17-50)57(73)66-78-52-18-19-54(55(40-52)79(74,75)60(62,63)64)65-49(21-27-67-36-38-76-39-37-67)43-77-51-8-5-4-6-9-51/h4-6,8-19,40,49,65H,3,7,20-39,41-44H2,1-2H3,(H,66,73)/t49-,58?/m1/s1. The van der Waals surface area contributed by atoms with Crippen LogP contribution in [0.4, 0.5) is 24.5 Å². The van der Waals surface area contributed by atoms with Crippen molar-refractivity contribution in [3.63, 3.8) is 0 Å². The summed E-state index contributed by atoms with van der Waals surface area (Å²) >= 11 is 8.68. The highest BCUT2D eigenvalue weighted by molar-refractivity contribution is 7.99. The van der Waals surface area contributed by atoms with E-state index in [2.05, 4.69) is 60.5 Å². The Morgan fingerprint density at radius 2 is 1.47 bits per heavy atom. The third kappa shape index (κ3) is 15.6. The molecule has 4 fully saturated rings. The zero-order chi connectivity index (χ0) is 55.6. The Morgan fingerprint density at radius 1 is 0.785 bits per heavy atom. The van der Waals surface area contributed by atoms with Gasteiger partial charge in [0.1, 0.15) is 4.90 Å². The van der Waals surface area contributed by atoms with Crippen molar-refractivity contribution in [2.45, 2.75) is 104 Å². The molecule has 2 atom stereocenters.